The van der Waals surface area contributed by atoms with E-state index >= 15 is 0 Å². The van der Waals surface area contributed by atoms with Gasteiger partial charge in [-0.25, -0.2) is 4.98 Å². The average Bonchev–Trinajstić information content (AvgIpc) is 3.05. The molecule has 4 nitrogen and oxygen atoms in total. The van der Waals surface area contributed by atoms with Crippen molar-refractivity contribution in [2.75, 3.05) is 13.1 Å². The summed E-state index contributed by atoms with van der Waals surface area (Å²) in [5, 5.41) is 1.24. The van der Waals surface area contributed by atoms with Crippen LogP contribution in [0.3, 0.4) is 0 Å². The quantitative estimate of drug-likeness (QED) is 0.907. The highest BCUT2D eigenvalue weighted by Crippen LogP contribution is 2.35. The molecule has 0 spiro atoms. The Morgan fingerprint density at radius 1 is 1.17 bits per heavy atom. The fraction of sp³-hybridized carbons (Fsp3) is 0.579. The number of thiazole rings is 1. The number of rotatable bonds is 2. The van der Waals surface area contributed by atoms with E-state index in [1.165, 1.54) is 9.71 Å². The maximum absolute atomic E-state index is 12.7. The molecule has 1 aromatic heterocycles. The van der Waals surface area contributed by atoms with Crippen molar-refractivity contribution in [2.24, 2.45) is 11.7 Å². The zero-order valence-electron chi connectivity index (χ0n) is 14.0. The number of nitrogens with two attached hydrogens (primary N) is 1. The fourth-order valence-electron chi connectivity index (χ4n) is 4.12. The molecule has 1 aliphatic carbocycles. The summed E-state index contributed by atoms with van der Waals surface area (Å²) >= 11 is 1.81. The number of fused-ring (bicyclic) bond motifs is 1. The molecule has 1 saturated heterocycles. The lowest BCUT2D eigenvalue weighted by Gasteiger charge is -2.35. The van der Waals surface area contributed by atoms with Gasteiger partial charge in [0.05, 0.1) is 15.2 Å². The van der Waals surface area contributed by atoms with Crippen LogP contribution in [0.2, 0.25) is 0 Å². The minimum atomic E-state index is 0.160. The number of aromatic nitrogens is 1. The van der Waals surface area contributed by atoms with Gasteiger partial charge >= 0.3 is 0 Å². The van der Waals surface area contributed by atoms with Crippen LogP contribution >= 0.6 is 11.3 Å². The van der Waals surface area contributed by atoms with E-state index in [1.54, 1.807) is 0 Å². The Bertz CT molecular complexity index is 687. The van der Waals surface area contributed by atoms with E-state index in [4.69, 9.17) is 10.7 Å². The summed E-state index contributed by atoms with van der Waals surface area (Å²) in [5.41, 5.74) is 7.15. The standard InChI is InChI=1S/C19H25N3OS/c20-15-5-3-4-14(12-15)19(23)22-10-8-13(9-11-22)18-21-16-6-1-2-7-17(16)24-18/h1-2,6-7,13-15H,3-5,8-12,20H2. The summed E-state index contributed by atoms with van der Waals surface area (Å²) in [7, 11) is 0. The Labute approximate surface area is 147 Å². The van der Waals surface area contributed by atoms with Gasteiger partial charge in [0.1, 0.15) is 0 Å². The van der Waals surface area contributed by atoms with Crippen LogP contribution in [-0.4, -0.2) is 34.9 Å². The topological polar surface area (TPSA) is 59.2 Å². The minimum Gasteiger partial charge on any atom is -0.342 e. The molecule has 2 heterocycles. The largest absolute Gasteiger partial charge is 0.342 e. The molecule has 2 N–H and O–H groups in total. The van der Waals surface area contributed by atoms with Gasteiger partial charge in [-0.2, -0.15) is 0 Å². The molecule has 128 valence electrons. The van der Waals surface area contributed by atoms with Crippen LogP contribution in [0.25, 0.3) is 10.2 Å². The summed E-state index contributed by atoms with van der Waals surface area (Å²) in [6.45, 7) is 1.73. The number of amides is 1. The molecule has 5 heteroatoms. The molecule has 2 unspecified atom stereocenters. The number of hydrogen-bond donors (Lipinski definition) is 1. The van der Waals surface area contributed by atoms with E-state index in [2.05, 4.69) is 23.1 Å². The Hall–Kier alpha value is -1.46. The van der Waals surface area contributed by atoms with Gasteiger partial charge in [-0.1, -0.05) is 18.6 Å². The summed E-state index contributed by atoms with van der Waals surface area (Å²) in [6, 6.07) is 8.55. The highest BCUT2D eigenvalue weighted by atomic mass is 32.1. The Balaban J connectivity index is 1.38. The fourth-order valence-corrected chi connectivity index (χ4v) is 5.26. The van der Waals surface area contributed by atoms with Crippen LogP contribution in [0.4, 0.5) is 0 Å². The molecule has 1 saturated carbocycles. The van der Waals surface area contributed by atoms with Gasteiger partial charge in [-0.05, 0) is 44.2 Å². The number of carbonyl (C=O) groups excluding carboxylic acids is 1. The minimum absolute atomic E-state index is 0.160. The van der Waals surface area contributed by atoms with Gasteiger partial charge in [0.15, 0.2) is 0 Å². The van der Waals surface area contributed by atoms with E-state index in [1.807, 2.05) is 17.4 Å². The highest BCUT2D eigenvalue weighted by molar-refractivity contribution is 7.18. The zero-order chi connectivity index (χ0) is 16.5. The van der Waals surface area contributed by atoms with E-state index in [0.717, 1.165) is 57.1 Å². The number of nitrogens with zero attached hydrogens (tertiary/aromatic N) is 2. The lowest BCUT2D eigenvalue weighted by molar-refractivity contribution is -0.137. The molecule has 2 aliphatic rings. The van der Waals surface area contributed by atoms with Crippen molar-refractivity contribution in [3.63, 3.8) is 0 Å². The lowest BCUT2D eigenvalue weighted by Crippen LogP contribution is -2.44. The third-order valence-electron chi connectivity index (χ3n) is 5.53. The number of likely N-dealkylation sites (tertiary alicyclic amines) is 1. The van der Waals surface area contributed by atoms with Crippen LogP contribution in [0.1, 0.15) is 49.5 Å². The SMILES string of the molecule is NC1CCCC(C(=O)N2CCC(c3nc4ccccc4s3)CC2)C1. The van der Waals surface area contributed by atoms with Crippen LogP contribution < -0.4 is 5.73 Å². The van der Waals surface area contributed by atoms with Gasteiger partial charge in [-0.3, -0.25) is 4.79 Å². The lowest BCUT2D eigenvalue weighted by atomic mass is 9.84. The summed E-state index contributed by atoms with van der Waals surface area (Å²) in [4.78, 5) is 19.6. The molecule has 1 aliphatic heterocycles. The highest BCUT2D eigenvalue weighted by Gasteiger charge is 2.32. The molecule has 1 amide bonds. The normalized spacial score (nSPS) is 26.0. The maximum atomic E-state index is 12.7. The third kappa shape index (κ3) is 3.20. The Kier molecular flexibility index (Phi) is 4.55. The van der Waals surface area contributed by atoms with E-state index in [9.17, 15) is 4.79 Å². The number of carbonyl (C=O) groups is 1. The second-order valence-electron chi connectivity index (χ2n) is 7.24. The molecule has 4 rings (SSSR count). The van der Waals surface area contributed by atoms with Gasteiger partial charge < -0.3 is 10.6 Å². The molecular formula is C19H25N3OS. The van der Waals surface area contributed by atoms with Gasteiger partial charge in [0, 0.05) is 31.0 Å². The molecule has 2 fully saturated rings. The van der Waals surface area contributed by atoms with Gasteiger partial charge in [0.2, 0.25) is 5.91 Å². The zero-order valence-corrected chi connectivity index (χ0v) is 14.8. The number of piperidine rings is 1. The van der Waals surface area contributed by atoms with Crippen molar-refractivity contribution >= 4 is 27.5 Å². The second-order valence-corrected chi connectivity index (χ2v) is 8.31. The average molecular weight is 343 g/mol. The number of benzene rings is 1. The first kappa shape index (κ1) is 16.0. The van der Waals surface area contributed by atoms with E-state index < -0.39 is 0 Å². The maximum Gasteiger partial charge on any atom is 0.225 e. The second kappa shape index (κ2) is 6.81. The van der Waals surface area contributed by atoms with Crippen molar-refractivity contribution < 1.29 is 4.79 Å². The summed E-state index contributed by atoms with van der Waals surface area (Å²) < 4.78 is 1.27. The van der Waals surface area contributed by atoms with Crippen molar-refractivity contribution in [3.8, 4) is 0 Å². The number of hydrogen-bond acceptors (Lipinski definition) is 4. The molecule has 2 aromatic rings. The Morgan fingerprint density at radius 2 is 1.96 bits per heavy atom. The third-order valence-corrected chi connectivity index (χ3v) is 6.73. The van der Waals surface area contributed by atoms with Gasteiger partial charge in [0.25, 0.3) is 0 Å². The molecule has 2 atom stereocenters. The van der Waals surface area contributed by atoms with Crippen molar-refractivity contribution in [3.05, 3.63) is 29.3 Å². The van der Waals surface area contributed by atoms with E-state index in [-0.39, 0.29) is 12.0 Å². The molecular weight excluding hydrogens is 318 g/mol. The number of para-hydroxylation sites is 1. The molecule has 0 bridgehead atoms. The van der Waals surface area contributed by atoms with Crippen molar-refractivity contribution in [1.29, 1.82) is 0 Å². The van der Waals surface area contributed by atoms with Crippen molar-refractivity contribution in [2.45, 2.75) is 50.5 Å². The van der Waals surface area contributed by atoms with Crippen LogP contribution in [0.5, 0.6) is 0 Å². The summed E-state index contributed by atoms with van der Waals surface area (Å²) in [5.74, 6) is 1.00. The first-order chi connectivity index (χ1) is 11.7. The monoisotopic (exact) mass is 343 g/mol. The van der Waals surface area contributed by atoms with Crippen LogP contribution in [0.15, 0.2) is 24.3 Å². The Morgan fingerprint density at radius 3 is 2.71 bits per heavy atom. The predicted octanol–water partition coefficient (Wildman–Crippen LogP) is 3.52. The summed E-state index contributed by atoms with van der Waals surface area (Å²) in [6.07, 6.45) is 6.12. The van der Waals surface area contributed by atoms with Gasteiger partial charge in [-0.15, -0.1) is 11.3 Å². The van der Waals surface area contributed by atoms with Crippen LogP contribution in [0, 0.1) is 5.92 Å². The van der Waals surface area contributed by atoms with E-state index in [0.29, 0.717) is 11.8 Å². The molecule has 1 aromatic carbocycles. The van der Waals surface area contributed by atoms with Crippen LogP contribution in [-0.2, 0) is 4.79 Å². The first-order valence-corrected chi connectivity index (χ1v) is 9.92. The molecule has 24 heavy (non-hydrogen) atoms. The molecule has 0 radical (unpaired) electrons. The first-order valence-electron chi connectivity index (χ1n) is 9.10. The van der Waals surface area contributed by atoms with Crippen molar-refractivity contribution in [1.82, 2.24) is 9.88 Å². The predicted molar refractivity (Wildman–Crippen MR) is 98.1 cm³/mol. The smallest absolute Gasteiger partial charge is 0.225 e.